The fraction of sp³-hybridized carbons (Fsp3) is 0.111. The number of benzene rings is 3. The maximum atomic E-state index is 10.5. The number of hydrogen-bond acceptors (Lipinski definition) is 3. The fourth-order valence-electron chi connectivity index (χ4n) is 2.51. The molecule has 0 saturated carbocycles. The minimum atomic E-state index is -0.375. The lowest BCUT2D eigenvalue weighted by molar-refractivity contribution is 0.414. The van der Waals surface area contributed by atoms with Crippen molar-refractivity contribution in [2.24, 2.45) is 5.73 Å². The van der Waals surface area contributed by atoms with Gasteiger partial charge in [-0.2, -0.15) is 0 Å². The summed E-state index contributed by atoms with van der Waals surface area (Å²) in [4.78, 5) is 0. The molecule has 3 heteroatoms. The first kappa shape index (κ1) is 13.5. The van der Waals surface area contributed by atoms with Crippen LogP contribution in [-0.2, 0) is 0 Å². The summed E-state index contributed by atoms with van der Waals surface area (Å²) >= 11 is 0. The molecule has 3 rings (SSSR count). The second-order valence-electron chi connectivity index (χ2n) is 4.98. The van der Waals surface area contributed by atoms with Gasteiger partial charge in [0.1, 0.15) is 11.5 Å². The van der Waals surface area contributed by atoms with Crippen LogP contribution in [0.25, 0.3) is 10.8 Å². The van der Waals surface area contributed by atoms with Crippen molar-refractivity contribution >= 4 is 10.8 Å². The van der Waals surface area contributed by atoms with Crippen molar-refractivity contribution in [2.75, 3.05) is 7.11 Å². The predicted octanol–water partition coefficient (Wildman–Crippen LogP) is 3.60. The fourth-order valence-corrected chi connectivity index (χ4v) is 2.51. The van der Waals surface area contributed by atoms with E-state index in [1.54, 1.807) is 7.11 Å². The van der Waals surface area contributed by atoms with Crippen LogP contribution in [0.15, 0.2) is 60.7 Å². The smallest absolute Gasteiger partial charge is 0.128 e. The van der Waals surface area contributed by atoms with E-state index in [0.717, 1.165) is 27.6 Å². The van der Waals surface area contributed by atoms with E-state index in [4.69, 9.17) is 10.5 Å². The van der Waals surface area contributed by atoms with E-state index in [2.05, 4.69) is 0 Å². The quantitative estimate of drug-likeness (QED) is 0.770. The van der Waals surface area contributed by atoms with Crippen LogP contribution in [0.4, 0.5) is 0 Å². The lowest BCUT2D eigenvalue weighted by atomic mass is 9.95. The Bertz CT molecular complexity index is 766. The summed E-state index contributed by atoms with van der Waals surface area (Å²) < 4.78 is 5.15. The Morgan fingerprint density at radius 2 is 1.67 bits per heavy atom. The monoisotopic (exact) mass is 279 g/mol. The van der Waals surface area contributed by atoms with Gasteiger partial charge < -0.3 is 15.6 Å². The molecule has 0 aliphatic rings. The molecule has 0 aliphatic carbocycles. The number of phenols is 1. The summed E-state index contributed by atoms with van der Waals surface area (Å²) in [6.07, 6.45) is 0. The number of nitrogens with two attached hydrogens (primary N) is 1. The maximum Gasteiger partial charge on any atom is 0.128 e. The molecule has 0 saturated heterocycles. The van der Waals surface area contributed by atoms with Crippen molar-refractivity contribution in [1.82, 2.24) is 0 Å². The standard InChI is InChI=1S/C18H17NO2/c1-21-14-9-6-13(7-10-14)17(19)16-11-8-12-4-2-3-5-15(12)18(16)20/h2-11,17,20H,19H2,1H3/t17-/m1/s1. The van der Waals surface area contributed by atoms with Crippen molar-refractivity contribution in [1.29, 1.82) is 0 Å². The summed E-state index contributed by atoms with van der Waals surface area (Å²) in [7, 11) is 1.63. The second-order valence-corrected chi connectivity index (χ2v) is 4.98. The molecule has 0 fully saturated rings. The topological polar surface area (TPSA) is 55.5 Å². The number of ether oxygens (including phenoxy) is 1. The molecule has 106 valence electrons. The third kappa shape index (κ3) is 2.43. The molecular weight excluding hydrogens is 262 g/mol. The average molecular weight is 279 g/mol. The Hall–Kier alpha value is -2.52. The number of aromatic hydroxyl groups is 1. The summed E-state index contributed by atoms with van der Waals surface area (Å²) in [5.41, 5.74) is 7.95. The third-order valence-corrected chi connectivity index (χ3v) is 3.74. The molecule has 0 unspecified atom stereocenters. The van der Waals surface area contributed by atoms with Crippen molar-refractivity contribution in [2.45, 2.75) is 6.04 Å². The molecule has 1 atom stereocenters. The minimum Gasteiger partial charge on any atom is -0.507 e. The molecule has 0 aromatic heterocycles. The van der Waals surface area contributed by atoms with Crippen molar-refractivity contribution in [3.63, 3.8) is 0 Å². The molecule has 0 bridgehead atoms. The SMILES string of the molecule is COc1ccc([C@@H](N)c2ccc3ccccc3c2O)cc1. The highest BCUT2D eigenvalue weighted by molar-refractivity contribution is 5.89. The zero-order chi connectivity index (χ0) is 14.8. The van der Waals surface area contributed by atoms with Crippen LogP contribution < -0.4 is 10.5 Å². The van der Waals surface area contributed by atoms with Crippen LogP contribution >= 0.6 is 0 Å². The van der Waals surface area contributed by atoms with Crippen LogP contribution in [-0.4, -0.2) is 12.2 Å². The van der Waals surface area contributed by atoms with Gasteiger partial charge in [0.15, 0.2) is 0 Å². The highest BCUT2D eigenvalue weighted by atomic mass is 16.5. The van der Waals surface area contributed by atoms with Crippen molar-refractivity contribution < 1.29 is 9.84 Å². The Balaban J connectivity index is 2.04. The Kier molecular flexibility index (Phi) is 3.50. The number of hydrogen-bond donors (Lipinski definition) is 2. The van der Waals surface area contributed by atoms with Gasteiger partial charge in [-0.15, -0.1) is 0 Å². The number of phenolic OH excluding ortho intramolecular Hbond substituents is 1. The molecule has 3 N–H and O–H groups in total. The van der Waals surface area contributed by atoms with E-state index in [-0.39, 0.29) is 11.8 Å². The summed E-state index contributed by atoms with van der Waals surface area (Å²) in [5.74, 6) is 1.03. The van der Waals surface area contributed by atoms with Gasteiger partial charge in [-0.25, -0.2) is 0 Å². The molecule has 3 aromatic rings. The first-order chi connectivity index (χ1) is 10.2. The largest absolute Gasteiger partial charge is 0.507 e. The van der Waals surface area contributed by atoms with Crippen LogP contribution in [0.1, 0.15) is 17.2 Å². The Labute approximate surface area is 123 Å². The summed E-state index contributed by atoms with van der Waals surface area (Å²) in [5, 5.41) is 12.3. The van der Waals surface area contributed by atoms with Gasteiger partial charge >= 0.3 is 0 Å². The van der Waals surface area contributed by atoms with Crippen molar-refractivity contribution in [3.05, 3.63) is 71.8 Å². The van der Waals surface area contributed by atoms with Gasteiger partial charge in [0.25, 0.3) is 0 Å². The normalized spacial score (nSPS) is 12.3. The Morgan fingerprint density at radius 3 is 2.38 bits per heavy atom. The first-order valence-electron chi connectivity index (χ1n) is 6.81. The third-order valence-electron chi connectivity index (χ3n) is 3.74. The molecule has 3 nitrogen and oxygen atoms in total. The number of methoxy groups -OCH3 is 1. The van der Waals surface area contributed by atoms with E-state index < -0.39 is 0 Å². The number of rotatable bonds is 3. The summed E-state index contributed by atoms with van der Waals surface area (Å²) in [6.45, 7) is 0. The van der Waals surface area contributed by atoms with Gasteiger partial charge in [-0.1, -0.05) is 48.5 Å². The van der Waals surface area contributed by atoms with Gasteiger partial charge in [-0.3, -0.25) is 0 Å². The molecule has 0 spiro atoms. The van der Waals surface area contributed by atoms with Crippen LogP contribution in [0, 0.1) is 0 Å². The van der Waals surface area contributed by atoms with Crippen LogP contribution in [0.3, 0.4) is 0 Å². The molecule has 0 heterocycles. The van der Waals surface area contributed by atoms with Gasteiger partial charge in [0.05, 0.1) is 13.2 Å². The van der Waals surface area contributed by atoms with E-state index in [9.17, 15) is 5.11 Å². The first-order valence-corrected chi connectivity index (χ1v) is 6.81. The zero-order valence-electron chi connectivity index (χ0n) is 11.8. The van der Waals surface area contributed by atoms with Crippen LogP contribution in [0.2, 0.25) is 0 Å². The minimum absolute atomic E-state index is 0.247. The Morgan fingerprint density at radius 1 is 0.952 bits per heavy atom. The highest BCUT2D eigenvalue weighted by Crippen LogP contribution is 2.34. The lowest BCUT2D eigenvalue weighted by Gasteiger charge is -2.16. The zero-order valence-corrected chi connectivity index (χ0v) is 11.8. The molecule has 0 radical (unpaired) electrons. The van der Waals surface area contributed by atoms with Gasteiger partial charge in [0.2, 0.25) is 0 Å². The summed E-state index contributed by atoms with van der Waals surface area (Å²) in [6, 6.07) is 18.8. The van der Waals surface area contributed by atoms with Crippen molar-refractivity contribution in [3.8, 4) is 11.5 Å². The lowest BCUT2D eigenvalue weighted by Crippen LogP contribution is -2.12. The second kappa shape index (κ2) is 5.46. The molecule has 21 heavy (non-hydrogen) atoms. The van der Waals surface area contributed by atoms with E-state index >= 15 is 0 Å². The predicted molar refractivity (Wildman–Crippen MR) is 84.6 cm³/mol. The van der Waals surface area contributed by atoms with E-state index in [0.29, 0.717) is 0 Å². The van der Waals surface area contributed by atoms with E-state index in [1.807, 2.05) is 60.7 Å². The highest BCUT2D eigenvalue weighted by Gasteiger charge is 2.15. The van der Waals surface area contributed by atoms with E-state index in [1.165, 1.54) is 0 Å². The average Bonchev–Trinajstić information content (AvgIpc) is 2.55. The van der Waals surface area contributed by atoms with Gasteiger partial charge in [-0.05, 0) is 23.1 Å². The molecule has 0 aliphatic heterocycles. The number of fused-ring (bicyclic) bond motifs is 1. The van der Waals surface area contributed by atoms with Gasteiger partial charge in [0, 0.05) is 10.9 Å². The molecule has 0 amide bonds. The molecular formula is C18H17NO2. The maximum absolute atomic E-state index is 10.5. The molecule has 3 aromatic carbocycles. The van der Waals surface area contributed by atoms with Crippen LogP contribution in [0.5, 0.6) is 11.5 Å².